The molecule has 2 N–H and O–H groups in total. The highest BCUT2D eigenvalue weighted by Gasteiger charge is 2.30. The maximum absolute atomic E-state index is 12.7. The summed E-state index contributed by atoms with van der Waals surface area (Å²) in [7, 11) is 0. The Morgan fingerprint density at radius 2 is 1.67 bits per heavy atom. The number of amides is 2. The molecule has 4 rings (SSSR count). The van der Waals surface area contributed by atoms with Crippen molar-refractivity contribution in [1.82, 2.24) is 15.5 Å². The third-order valence-electron chi connectivity index (χ3n) is 7.17. The summed E-state index contributed by atoms with van der Waals surface area (Å²) in [5.74, 6) is 0.346. The Morgan fingerprint density at radius 3 is 2.27 bits per heavy atom. The monoisotopic (exact) mass is 467 g/mol. The largest absolute Gasteiger partial charge is 0.349 e. The molecule has 0 spiro atoms. The van der Waals surface area contributed by atoms with E-state index in [1.807, 2.05) is 18.2 Å². The SMILES string of the molecule is CC(C[C@H](NC(=O)C1CCC1)c1ccccc1)N1CCC(NC(=O)c2ccc(Cl)cc2)CC1. The number of carbonyl (C=O) groups excluding carboxylic acids is 2. The van der Waals surface area contributed by atoms with Crippen LogP contribution in [0.15, 0.2) is 54.6 Å². The third-order valence-corrected chi connectivity index (χ3v) is 7.42. The summed E-state index contributed by atoms with van der Waals surface area (Å²) >= 11 is 5.92. The molecule has 2 aromatic carbocycles. The zero-order valence-electron chi connectivity index (χ0n) is 19.3. The minimum absolute atomic E-state index is 0.0247. The summed E-state index contributed by atoms with van der Waals surface area (Å²) < 4.78 is 0. The Morgan fingerprint density at radius 1 is 1.00 bits per heavy atom. The molecule has 1 heterocycles. The van der Waals surface area contributed by atoms with Crippen molar-refractivity contribution in [3.63, 3.8) is 0 Å². The molecule has 2 fully saturated rings. The van der Waals surface area contributed by atoms with Crippen LogP contribution in [0.5, 0.6) is 0 Å². The highest BCUT2D eigenvalue weighted by atomic mass is 35.5. The lowest BCUT2D eigenvalue weighted by atomic mass is 9.84. The van der Waals surface area contributed by atoms with E-state index in [0.29, 0.717) is 16.6 Å². The number of nitrogens with zero attached hydrogens (tertiary/aromatic N) is 1. The fourth-order valence-electron chi connectivity index (χ4n) is 4.77. The molecule has 0 aromatic heterocycles. The zero-order chi connectivity index (χ0) is 23.2. The molecular weight excluding hydrogens is 434 g/mol. The van der Waals surface area contributed by atoms with Crippen LogP contribution in [0.2, 0.25) is 5.02 Å². The van der Waals surface area contributed by atoms with Crippen LogP contribution in [0.3, 0.4) is 0 Å². The van der Waals surface area contributed by atoms with Crippen molar-refractivity contribution >= 4 is 23.4 Å². The van der Waals surface area contributed by atoms with Gasteiger partial charge in [0.25, 0.3) is 5.91 Å². The molecule has 176 valence electrons. The van der Waals surface area contributed by atoms with Crippen LogP contribution in [-0.4, -0.2) is 41.9 Å². The van der Waals surface area contributed by atoms with Gasteiger partial charge in [-0.05, 0) is 68.9 Å². The lowest BCUT2D eigenvalue weighted by Crippen LogP contribution is -2.48. The minimum atomic E-state index is -0.0407. The standard InChI is InChI=1S/C27H34ClN3O2/c1-19(18-25(20-6-3-2-4-7-20)30-27(33)21-8-5-9-21)31-16-14-24(15-17-31)29-26(32)22-10-12-23(28)13-11-22/h2-4,6-7,10-13,19,21,24-25H,5,8-9,14-18H2,1H3,(H,29,32)(H,30,33)/t19?,25-/m0/s1. The number of nitrogens with one attached hydrogen (secondary N) is 2. The minimum Gasteiger partial charge on any atom is -0.349 e. The Labute approximate surface area is 201 Å². The quantitative estimate of drug-likeness (QED) is 0.576. The summed E-state index contributed by atoms with van der Waals surface area (Å²) in [4.78, 5) is 27.7. The molecule has 1 saturated heterocycles. The fourth-order valence-corrected chi connectivity index (χ4v) is 4.89. The first kappa shape index (κ1) is 23.8. The molecule has 33 heavy (non-hydrogen) atoms. The molecule has 6 heteroatoms. The fraction of sp³-hybridized carbons (Fsp3) is 0.481. The first-order valence-electron chi connectivity index (χ1n) is 12.2. The maximum Gasteiger partial charge on any atom is 0.251 e. The molecule has 2 aromatic rings. The van der Waals surface area contributed by atoms with E-state index in [0.717, 1.165) is 51.6 Å². The lowest BCUT2D eigenvalue weighted by Gasteiger charge is -2.38. The van der Waals surface area contributed by atoms with E-state index in [2.05, 4.69) is 34.6 Å². The van der Waals surface area contributed by atoms with E-state index in [4.69, 9.17) is 11.6 Å². The van der Waals surface area contributed by atoms with Crippen molar-refractivity contribution in [3.8, 4) is 0 Å². The van der Waals surface area contributed by atoms with Gasteiger partial charge in [0, 0.05) is 41.7 Å². The number of hydrogen-bond acceptors (Lipinski definition) is 3. The molecule has 0 bridgehead atoms. The van der Waals surface area contributed by atoms with E-state index in [9.17, 15) is 9.59 Å². The zero-order valence-corrected chi connectivity index (χ0v) is 20.1. The summed E-state index contributed by atoms with van der Waals surface area (Å²) in [5.41, 5.74) is 1.81. The molecule has 1 aliphatic heterocycles. The molecule has 2 atom stereocenters. The Kier molecular flexibility index (Phi) is 8.05. The van der Waals surface area contributed by atoms with Gasteiger partial charge >= 0.3 is 0 Å². The second-order valence-corrected chi connectivity index (χ2v) is 9.91. The van der Waals surface area contributed by atoms with Gasteiger partial charge < -0.3 is 15.5 Å². The molecule has 1 aliphatic carbocycles. The number of likely N-dealkylation sites (tertiary alicyclic amines) is 1. The molecule has 5 nitrogen and oxygen atoms in total. The summed E-state index contributed by atoms with van der Waals surface area (Å²) in [6.07, 6.45) is 5.91. The van der Waals surface area contributed by atoms with Crippen LogP contribution in [-0.2, 0) is 4.79 Å². The van der Waals surface area contributed by atoms with E-state index in [-0.39, 0.29) is 29.8 Å². The van der Waals surface area contributed by atoms with Crippen molar-refractivity contribution in [3.05, 3.63) is 70.7 Å². The highest BCUT2D eigenvalue weighted by Crippen LogP contribution is 2.29. The van der Waals surface area contributed by atoms with Crippen LogP contribution in [0.4, 0.5) is 0 Å². The highest BCUT2D eigenvalue weighted by molar-refractivity contribution is 6.30. The van der Waals surface area contributed by atoms with Crippen molar-refractivity contribution in [2.24, 2.45) is 5.92 Å². The number of hydrogen-bond donors (Lipinski definition) is 2. The van der Waals surface area contributed by atoms with Crippen molar-refractivity contribution in [1.29, 1.82) is 0 Å². The van der Waals surface area contributed by atoms with Crippen LogP contribution in [0.25, 0.3) is 0 Å². The van der Waals surface area contributed by atoms with Crippen molar-refractivity contribution < 1.29 is 9.59 Å². The second-order valence-electron chi connectivity index (χ2n) is 9.48. The van der Waals surface area contributed by atoms with Gasteiger partial charge in [-0.25, -0.2) is 0 Å². The number of piperidine rings is 1. The molecule has 0 radical (unpaired) electrons. The molecule has 2 amide bonds. The number of rotatable bonds is 8. The van der Waals surface area contributed by atoms with Crippen molar-refractivity contribution in [2.75, 3.05) is 13.1 Å². The second kappa shape index (κ2) is 11.2. The van der Waals surface area contributed by atoms with Gasteiger partial charge in [0.1, 0.15) is 0 Å². The average molecular weight is 468 g/mol. The van der Waals surface area contributed by atoms with Gasteiger partial charge in [-0.15, -0.1) is 0 Å². The van der Waals surface area contributed by atoms with Gasteiger partial charge in [0.15, 0.2) is 0 Å². The Bertz CT molecular complexity index is 922. The molecular formula is C27H34ClN3O2. The Hall–Kier alpha value is -2.37. The first-order valence-corrected chi connectivity index (χ1v) is 12.5. The first-order chi connectivity index (χ1) is 16.0. The van der Waals surface area contributed by atoms with E-state index in [1.165, 1.54) is 5.56 Å². The van der Waals surface area contributed by atoms with E-state index < -0.39 is 0 Å². The molecule has 1 saturated carbocycles. The van der Waals surface area contributed by atoms with Gasteiger partial charge in [-0.1, -0.05) is 48.4 Å². The predicted molar refractivity (Wildman–Crippen MR) is 132 cm³/mol. The van der Waals surface area contributed by atoms with Gasteiger partial charge in [-0.2, -0.15) is 0 Å². The third kappa shape index (κ3) is 6.36. The van der Waals surface area contributed by atoms with E-state index in [1.54, 1.807) is 24.3 Å². The summed E-state index contributed by atoms with van der Waals surface area (Å²) in [5, 5.41) is 7.13. The van der Waals surface area contributed by atoms with Gasteiger partial charge in [0.05, 0.1) is 6.04 Å². The summed E-state index contributed by atoms with van der Waals surface area (Å²) in [6, 6.07) is 17.9. The van der Waals surface area contributed by atoms with Crippen LogP contribution >= 0.6 is 11.6 Å². The van der Waals surface area contributed by atoms with Gasteiger partial charge in [0.2, 0.25) is 5.91 Å². The van der Waals surface area contributed by atoms with Gasteiger partial charge in [-0.3, -0.25) is 9.59 Å². The topological polar surface area (TPSA) is 61.4 Å². The molecule has 1 unspecified atom stereocenters. The normalized spacial score (nSPS) is 19.3. The smallest absolute Gasteiger partial charge is 0.251 e. The maximum atomic E-state index is 12.7. The van der Waals surface area contributed by atoms with Crippen LogP contribution < -0.4 is 10.6 Å². The molecule has 2 aliphatic rings. The van der Waals surface area contributed by atoms with E-state index >= 15 is 0 Å². The Balaban J connectivity index is 1.30. The number of benzene rings is 2. The average Bonchev–Trinajstić information content (AvgIpc) is 2.79. The summed E-state index contributed by atoms with van der Waals surface area (Å²) in [6.45, 7) is 4.12. The van der Waals surface area contributed by atoms with Crippen molar-refractivity contribution in [2.45, 2.75) is 63.6 Å². The van der Waals surface area contributed by atoms with Crippen LogP contribution in [0, 0.1) is 5.92 Å². The number of halogens is 1. The number of carbonyl (C=O) groups is 2. The predicted octanol–water partition coefficient (Wildman–Crippen LogP) is 4.97. The van der Waals surface area contributed by atoms with Crippen LogP contribution in [0.1, 0.15) is 67.4 Å². The lowest BCUT2D eigenvalue weighted by molar-refractivity contribution is -0.128.